The van der Waals surface area contributed by atoms with Gasteiger partial charge in [0, 0.05) is 32.4 Å². The molecule has 0 aromatic heterocycles. The Hall–Kier alpha value is 0.180. The molecule has 1 aliphatic heterocycles. The molecule has 0 radical (unpaired) electrons. The van der Waals surface area contributed by atoms with Crippen LogP contribution in [0, 0.1) is 0 Å². The molecule has 0 saturated carbocycles. The fourth-order valence-electron chi connectivity index (χ4n) is 1.81. The van der Waals surface area contributed by atoms with E-state index in [4.69, 9.17) is 0 Å². The van der Waals surface area contributed by atoms with Gasteiger partial charge in [-0.15, -0.1) is 0 Å². The topological polar surface area (TPSA) is 52.7 Å². The van der Waals surface area contributed by atoms with Crippen molar-refractivity contribution < 1.29 is 8.42 Å². The Morgan fingerprint density at radius 1 is 1.41 bits per heavy atom. The van der Waals surface area contributed by atoms with Crippen LogP contribution >= 0.6 is 11.8 Å². The molecule has 0 aromatic rings. The van der Waals surface area contributed by atoms with Gasteiger partial charge >= 0.3 is 0 Å². The third-order valence-corrected chi connectivity index (χ3v) is 6.22. The van der Waals surface area contributed by atoms with Gasteiger partial charge in [0.2, 0.25) is 0 Å². The maximum Gasteiger partial charge on any atom is 0.281 e. The third-order valence-electron chi connectivity index (χ3n) is 3.08. The molecule has 1 saturated heterocycles. The molecule has 7 heteroatoms. The summed E-state index contributed by atoms with van der Waals surface area (Å²) in [7, 11) is 1.95. The van der Waals surface area contributed by atoms with E-state index in [-0.39, 0.29) is 6.04 Å². The fraction of sp³-hybridized carbons (Fsp3) is 1.00. The van der Waals surface area contributed by atoms with E-state index < -0.39 is 10.2 Å². The van der Waals surface area contributed by atoms with E-state index in [9.17, 15) is 8.42 Å². The minimum absolute atomic E-state index is 0.164. The van der Waals surface area contributed by atoms with Crippen LogP contribution in [-0.4, -0.2) is 68.8 Å². The summed E-state index contributed by atoms with van der Waals surface area (Å²) < 4.78 is 27.5. The summed E-state index contributed by atoms with van der Waals surface area (Å²) in [6.45, 7) is 1.40. The molecule has 1 rings (SSSR count). The van der Waals surface area contributed by atoms with Gasteiger partial charge in [0.25, 0.3) is 10.2 Å². The van der Waals surface area contributed by atoms with Crippen molar-refractivity contribution in [3.63, 3.8) is 0 Å². The lowest BCUT2D eigenvalue weighted by molar-refractivity contribution is 0.346. The summed E-state index contributed by atoms with van der Waals surface area (Å²) in [6, 6.07) is 0.164. The molecular weight excluding hydrogens is 258 g/mol. The Labute approximate surface area is 109 Å². The van der Waals surface area contributed by atoms with Crippen molar-refractivity contribution in [1.82, 2.24) is 13.9 Å². The molecule has 102 valence electrons. The van der Waals surface area contributed by atoms with Crippen LogP contribution in [0.1, 0.15) is 12.8 Å². The average Bonchev–Trinajstić information content (AvgIpc) is 2.81. The minimum Gasteiger partial charge on any atom is -0.320 e. The predicted molar refractivity (Wildman–Crippen MR) is 73.6 cm³/mol. The van der Waals surface area contributed by atoms with Gasteiger partial charge in [0.05, 0.1) is 0 Å². The molecular formula is C10H23N3O2S2. The SMILES string of the molecule is CNCCCN(C)S(=O)(=O)N(C)C1CCSC1. The van der Waals surface area contributed by atoms with Crippen molar-refractivity contribution >= 4 is 22.0 Å². The van der Waals surface area contributed by atoms with Crippen molar-refractivity contribution in [2.75, 3.05) is 45.7 Å². The number of rotatable bonds is 7. The third kappa shape index (κ3) is 4.10. The highest BCUT2D eigenvalue weighted by molar-refractivity contribution is 7.99. The first-order valence-electron chi connectivity index (χ1n) is 5.91. The first kappa shape index (κ1) is 15.2. The van der Waals surface area contributed by atoms with Crippen molar-refractivity contribution in [3.05, 3.63) is 0 Å². The van der Waals surface area contributed by atoms with E-state index in [1.165, 1.54) is 8.61 Å². The van der Waals surface area contributed by atoms with Crippen LogP contribution in [0.3, 0.4) is 0 Å². The molecule has 1 unspecified atom stereocenters. The van der Waals surface area contributed by atoms with Crippen LogP contribution in [-0.2, 0) is 10.2 Å². The second-order valence-corrected chi connectivity index (χ2v) is 7.56. The zero-order valence-corrected chi connectivity index (χ0v) is 12.5. The molecule has 1 heterocycles. The van der Waals surface area contributed by atoms with Gasteiger partial charge in [-0.1, -0.05) is 0 Å². The lowest BCUT2D eigenvalue weighted by Gasteiger charge is -2.28. The van der Waals surface area contributed by atoms with Crippen molar-refractivity contribution in [1.29, 1.82) is 0 Å². The summed E-state index contributed by atoms with van der Waals surface area (Å²) in [5, 5.41) is 3.02. The lowest BCUT2D eigenvalue weighted by Crippen LogP contribution is -2.45. The zero-order valence-electron chi connectivity index (χ0n) is 10.8. The molecule has 5 nitrogen and oxygen atoms in total. The van der Waals surface area contributed by atoms with Gasteiger partial charge in [0.1, 0.15) is 0 Å². The summed E-state index contributed by atoms with van der Waals surface area (Å²) >= 11 is 1.83. The Morgan fingerprint density at radius 2 is 2.12 bits per heavy atom. The van der Waals surface area contributed by atoms with Gasteiger partial charge in [-0.25, -0.2) is 0 Å². The molecule has 0 aromatic carbocycles. The highest BCUT2D eigenvalue weighted by Crippen LogP contribution is 2.24. The highest BCUT2D eigenvalue weighted by atomic mass is 32.2. The van der Waals surface area contributed by atoms with Crippen LogP contribution < -0.4 is 5.32 Å². The van der Waals surface area contributed by atoms with E-state index in [0.717, 1.165) is 30.9 Å². The van der Waals surface area contributed by atoms with Crippen molar-refractivity contribution in [3.8, 4) is 0 Å². The minimum atomic E-state index is -3.28. The molecule has 0 amide bonds. The van der Waals surface area contributed by atoms with E-state index >= 15 is 0 Å². The van der Waals surface area contributed by atoms with Gasteiger partial charge in [-0.2, -0.15) is 28.8 Å². The van der Waals surface area contributed by atoms with E-state index in [1.54, 1.807) is 14.1 Å². The molecule has 0 bridgehead atoms. The highest BCUT2D eigenvalue weighted by Gasteiger charge is 2.31. The van der Waals surface area contributed by atoms with Gasteiger partial charge < -0.3 is 5.32 Å². The smallest absolute Gasteiger partial charge is 0.281 e. The van der Waals surface area contributed by atoms with Gasteiger partial charge in [0.15, 0.2) is 0 Å². The molecule has 1 aliphatic rings. The Morgan fingerprint density at radius 3 is 2.65 bits per heavy atom. The largest absolute Gasteiger partial charge is 0.320 e. The van der Waals surface area contributed by atoms with Crippen LogP contribution in [0.15, 0.2) is 0 Å². The molecule has 17 heavy (non-hydrogen) atoms. The zero-order chi connectivity index (χ0) is 12.9. The summed E-state index contributed by atoms with van der Waals surface area (Å²) in [5.74, 6) is 1.98. The second-order valence-electron chi connectivity index (χ2n) is 4.32. The molecule has 1 atom stereocenters. The van der Waals surface area contributed by atoms with Gasteiger partial charge in [-0.3, -0.25) is 0 Å². The molecule has 0 aliphatic carbocycles. The number of hydrogen-bond acceptors (Lipinski definition) is 4. The molecule has 1 fully saturated rings. The summed E-state index contributed by atoms with van der Waals surface area (Å²) in [5.41, 5.74) is 0. The van der Waals surface area contributed by atoms with Crippen LogP contribution in [0.2, 0.25) is 0 Å². The summed E-state index contributed by atoms with van der Waals surface area (Å²) in [6.07, 6.45) is 1.80. The summed E-state index contributed by atoms with van der Waals surface area (Å²) in [4.78, 5) is 0. The second kappa shape index (κ2) is 6.94. The number of nitrogens with zero attached hydrogens (tertiary/aromatic N) is 2. The van der Waals surface area contributed by atoms with Gasteiger partial charge in [-0.05, 0) is 32.2 Å². The monoisotopic (exact) mass is 281 g/mol. The predicted octanol–water partition coefficient (Wildman–Crippen LogP) is 0.210. The Bertz CT molecular complexity index is 316. The lowest BCUT2D eigenvalue weighted by atomic mass is 10.3. The fourth-order valence-corrected chi connectivity index (χ4v) is 4.53. The van der Waals surface area contributed by atoms with Crippen molar-refractivity contribution in [2.24, 2.45) is 0 Å². The maximum absolute atomic E-state index is 12.2. The van der Waals surface area contributed by atoms with Crippen LogP contribution in [0.5, 0.6) is 0 Å². The normalized spacial score (nSPS) is 21.6. The molecule has 1 N–H and O–H groups in total. The maximum atomic E-state index is 12.2. The number of hydrogen-bond donors (Lipinski definition) is 1. The number of nitrogens with one attached hydrogen (secondary N) is 1. The average molecular weight is 281 g/mol. The standard InChI is InChI=1S/C10H23N3O2S2/c1-11-6-4-7-12(2)17(14,15)13(3)10-5-8-16-9-10/h10-11H,4-9H2,1-3H3. The van der Waals surface area contributed by atoms with E-state index in [0.29, 0.717) is 6.54 Å². The van der Waals surface area contributed by atoms with Crippen LogP contribution in [0.25, 0.3) is 0 Å². The number of thioether (sulfide) groups is 1. The first-order valence-corrected chi connectivity index (χ1v) is 8.47. The Kier molecular flexibility index (Phi) is 6.22. The van der Waals surface area contributed by atoms with E-state index in [1.807, 2.05) is 18.8 Å². The van der Waals surface area contributed by atoms with E-state index in [2.05, 4.69) is 5.32 Å². The Balaban J connectivity index is 2.53. The first-order chi connectivity index (χ1) is 8.00. The van der Waals surface area contributed by atoms with Crippen LogP contribution in [0.4, 0.5) is 0 Å². The molecule has 0 spiro atoms. The van der Waals surface area contributed by atoms with Crippen molar-refractivity contribution in [2.45, 2.75) is 18.9 Å². The quantitative estimate of drug-likeness (QED) is 0.678.